The number of anilines is 1. The van der Waals surface area contributed by atoms with Crippen molar-refractivity contribution in [1.82, 2.24) is 15.0 Å². The van der Waals surface area contributed by atoms with Crippen LogP contribution in [0.15, 0.2) is 35.8 Å². The third kappa shape index (κ3) is 2.88. The van der Waals surface area contributed by atoms with Crippen molar-refractivity contribution in [1.29, 1.82) is 0 Å². The van der Waals surface area contributed by atoms with Crippen molar-refractivity contribution in [2.24, 2.45) is 0 Å². The minimum atomic E-state index is 0.766. The zero-order valence-electron chi connectivity index (χ0n) is 12.3. The molecule has 3 rings (SSSR count). The second-order valence-corrected chi connectivity index (χ2v) is 5.69. The van der Waals surface area contributed by atoms with Gasteiger partial charge in [-0.15, -0.1) is 11.3 Å². The summed E-state index contributed by atoms with van der Waals surface area (Å²) in [5.74, 6) is 1.92. The van der Waals surface area contributed by atoms with Crippen LogP contribution in [0, 0.1) is 0 Å². The molecular formula is C16H18N4S. The molecule has 0 fully saturated rings. The van der Waals surface area contributed by atoms with E-state index in [1.807, 2.05) is 18.3 Å². The van der Waals surface area contributed by atoms with E-state index in [0.29, 0.717) is 0 Å². The fourth-order valence-corrected chi connectivity index (χ4v) is 3.08. The van der Waals surface area contributed by atoms with E-state index in [4.69, 9.17) is 4.98 Å². The average molecular weight is 298 g/mol. The van der Waals surface area contributed by atoms with Gasteiger partial charge in [-0.25, -0.2) is 9.97 Å². The Kier molecular flexibility index (Phi) is 4.10. The summed E-state index contributed by atoms with van der Waals surface area (Å²) in [7, 11) is 0. The topological polar surface area (TPSA) is 41.9 Å². The summed E-state index contributed by atoms with van der Waals surface area (Å²) < 4.78 is 0. The number of hydrogen-bond acceptors (Lipinski definition) is 5. The summed E-state index contributed by atoms with van der Waals surface area (Å²) in [6, 6.07) is 8.12. The molecule has 0 aliphatic carbocycles. The summed E-state index contributed by atoms with van der Waals surface area (Å²) in [6.45, 7) is 5.90. The van der Waals surface area contributed by atoms with Crippen molar-refractivity contribution in [3.63, 3.8) is 0 Å². The molecule has 0 amide bonds. The summed E-state index contributed by atoms with van der Waals surface area (Å²) in [6.07, 6.45) is 2.68. The number of rotatable bonds is 5. The van der Waals surface area contributed by atoms with Crippen LogP contribution >= 0.6 is 11.3 Å². The van der Waals surface area contributed by atoms with Gasteiger partial charge in [-0.05, 0) is 30.5 Å². The molecule has 0 spiro atoms. The fourth-order valence-electron chi connectivity index (χ4n) is 2.31. The third-order valence-corrected chi connectivity index (χ3v) is 4.23. The maximum absolute atomic E-state index is 4.75. The highest BCUT2D eigenvalue weighted by Gasteiger charge is 2.14. The van der Waals surface area contributed by atoms with Crippen LogP contribution in [0.2, 0.25) is 0 Å². The van der Waals surface area contributed by atoms with Crippen molar-refractivity contribution in [3.8, 4) is 0 Å². The van der Waals surface area contributed by atoms with Crippen molar-refractivity contribution >= 4 is 27.4 Å². The number of hydrogen-bond donors (Lipinski definition) is 0. The smallest absolute Gasteiger partial charge is 0.141 e. The molecule has 0 saturated carbocycles. The number of nitrogens with zero attached hydrogens (tertiary/aromatic N) is 4. The van der Waals surface area contributed by atoms with Gasteiger partial charge in [0.15, 0.2) is 0 Å². The van der Waals surface area contributed by atoms with E-state index in [1.54, 1.807) is 11.3 Å². The zero-order chi connectivity index (χ0) is 14.7. The molecule has 21 heavy (non-hydrogen) atoms. The van der Waals surface area contributed by atoms with Crippen LogP contribution in [0.25, 0.3) is 10.2 Å². The standard InChI is InChI=1S/C16H18N4S/c1-3-14-18-15(13-8-10-21-16(13)19-14)20(4-2)11-12-7-5-6-9-17-12/h5-10H,3-4,11H2,1-2H3. The highest BCUT2D eigenvalue weighted by molar-refractivity contribution is 7.16. The molecular weight excluding hydrogens is 280 g/mol. The van der Waals surface area contributed by atoms with Crippen molar-refractivity contribution < 1.29 is 0 Å². The molecule has 5 heteroatoms. The lowest BCUT2D eigenvalue weighted by atomic mass is 10.3. The SMILES string of the molecule is CCc1nc(N(CC)Cc2ccccn2)c2ccsc2n1. The van der Waals surface area contributed by atoms with Gasteiger partial charge in [0.1, 0.15) is 16.5 Å². The van der Waals surface area contributed by atoms with Gasteiger partial charge in [-0.3, -0.25) is 4.98 Å². The van der Waals surface area contributed by atoms with E-state index < -0.39 is 0 Å². The molecule has 0 aliphatic heterocycles. The lowest BCUT2D eigenvalue weighted by Crippen LogP contribution is -2.24. The Balaban J connectivity index is 2.01. The minimum absolute atomic E-state index is 0.766. The van der Waals surface area contributed by atoms with Crippen LogP contribution in [-0.2, 0) is 13.0 Å². The minimum Gasteiger partial charge on any atom is -0.350 e. The van der Waals surface area contributed by atoms with Gasteiger partial charge in [-0.2, -0.15) is 0 Å². The molecule has 3 heterocycles. The molecule has 4 nitrogen and oxygen atoms in total. The van der Waals surface area contributed by atoms with Crippen LogP contribution < -0.4 is 4.90 Å². The molecule has 0 aliphatic rings. The van der Waals surface area contributed by atoms with Gasteiger partial charge in [0, 0.05) is 19.2 Å². The predicted octanol–water partition coefficient (Wildman–Crippen LogP) is 3.68. The Hall–Kier alpha value is -2.01. The van der Waals surface area contributed by atoms with E-state index in [0.717, 1.165) is 47.1 Å². The van der Waals surface area contributed by atoms with Crippen LogP contribution in [0.3, 0.4) is 0 Å². The Morgan fingerprint density at radius 3 is 2.76 bits per heavy atom. The van der Waals surface area contributed by atoms with E-state index in [1.165, 1.54) is 0 Å². The average Bonchev–Trinajstić information content (AvgIpc) is 3.01. The summed E-state index contributed by atoms with van der Waals surface area (Å²) in [4.78, 5) is 17.1. The van der Waals surface area contributed by atoms with E-state index in [-0.39, 0.29) is 0 Å². The first-order valence-electron chi connectivity index (χ1n) is 7.20. The number of fused-ring (bicyclic) bond motifs is 1. The third-order valence-electron chi connectivity index (χ3n) is 3.43. The van der Waals surface area contributed by atoms with Crippen molar-refractivity contribution in [2.75, 3.05) is 11.4 Å². The summed E-state index contributed by atoms with van der Waals surface area (Å²) >= 11 is 1.67. The molecule has 0 bridgehead atoms. The molecule has 0 radical (unpaired) electrons. The lowest BCUT2D eigenvalue weighted by molar-refractivity contribution is 0.788. The monoisotopic (exact) mass is 298 g/mol. The van der Waals surface area contributed by atoms with Gasteiger partial charge < -0.3 is 4.90 Å². The van der Waals surface area contributed by atoms with E-state index >= 15 is 0 Å². The Bertz CT molecular complexity index is 723. The second-order valence-electron chi connectivity index (χ2n) is 4.79. The fraction of sp³-hybridized carbons (Fsp3) is 0.312. The van der Waals surface area contributed by atoms with Crippen molar-refractivity contribution in [3.05, 3.63) is 47.4 Å². The van der Waals surface area contributed by atoms with Gasteiger partial charge in [0.2, 0.25) is 0 Å². The molecule has 0 aromatic carbocycles. The highest BCUT2D eigenvalue weighted by Crippen LogP contribution is 2.28. The molecule has 0 N–H and O–H groups in total. The number of aryl methyl sites for hydroxylation is 1. The van der Waals surface area contributed by atoms with Gasteiger partial charge in [0.05, 0.1) is 17.6 Å². The lowest BCUT2D eigenvalue weighted by Gasteiger charge is -2.22. The molecule has 108 valence electrons. The maximum Gasteiger partial charge on any atom is 0.141 e. The Morgan fingerprint density at radius 1 is 1.14 bits per heavy atom. The Labute approximate surface area is 128 Å². The number of pyridine rings is 1. The largest absolute Gasteiger partial charge is 0.350 e. The van der Waals surface area contributed by atoms with Crippen LogP contribution in [-0.4, -0.2) is 21.5 Å². The molecule has 0 saturated heterocycles. The number of thiophene rings is 1. The normalized spacial score (nSPS) is 11.0. The Morgan fingerprint density at radius 2 is 2.05 bits per heavy atom. The number of aromatic nitrogens is 3. The zero-order valence-corrected chi connectivity index (χ0v) is 13.1. The first-order valence-corrected chi connectivity index (χ1v) is 8.08. The molecule has 3 aromatic heterocycles. The highest BCUT2D eigenvalue weighted by atomic mass is 32.1. The molecule has 0 unspecified atom stereocenters. The van der Waals surface area contributed by atoms with Crippen LogP contribution in [0.5, 0.6) is 0 Å². The summed E-state index contributed by atoms with van der Waals surface area (Å²) in [5, 5.41) is 3.21. The van der Waals surface area contributed by atoms with Crippen LogP contribution in [0.1, 0.15) is 25.4 Å². The first kappa shape index (κ1) is 13.9. The molecule has 0 atom stereocenters. The quantitative estimate of drug-likeness (QED) is 0.720. The second kappa shape index (κ2) is 6.18. The summed E-state index contributed by atoms with van der Waals surface area (Å²) in [5.41, 5.74) is 1.05. The van der Waals surface area contributed by atoms with Crippen molar-refractivity contribution in [2.45, 2.75) is 26.8 Å². The first-order chi connectivity index (χ1) is 10.3. The van der Waals surface area contributed by atoms with Crippen LogP contribution in [0.4, 0.5) is 5.82 Å². The predicted molar refractivity (Wildman–Crippen MR) is 87.8 cm³/mol. The van der Waals surface area contributed by atoms with E-state index in [2.05, 4.69) is 46.2 Å². The van der Waals surface area contributed by atoms with Gasteiger partial charge in [0.25, 0.3) is 0 Å². The maximum atomic E-state index is 4.75. The van der Waals surface area contributed by atoms with Gasteiger partial charge in [-0.1, -0.05) is 13.0 Å². The molecule has 3 aromatic rings. The van der Waals surface area contributed by atoms with Gasteiger partial charge >= 0.3 is 0 Å². The van der Waals surface area contributed by atoms with E-state index in [9.17, 15) is 0 Å².